The first-order chi connectivity index (χ1) is 7.66. The van der Waals surface area contributed by atoms with E-state index in [-0.39, 0.29) is 11.1 Å². The average molecular weight is 240 g/mol. The van der Waals surface area contributed by atoms with Gasteiger partial charge in [-0.1, -0.05) is 11.6 Å². The molecule has 1 aromatic carbocycles. The average Bonchev–Trinajstić information content (AvgIpc) is 2.77. The summed E-state index contributed by atoms with van der Waals surface area (Å²) in [5.74, 6) is 0.401. The predicted molar refractivity (Wildman–Crippen MR) is 62.2 cm³/mol. The van der Waals surface area contributed by atoms with Crippen molar-refractivity contribution in [2.45, 2.75) is 13.0 Å². The van der Waals surface area contributed by atoms with E-state index in [2.05, 4.69) is 5.32 Å². The molecule has 0 radical (unpaired) electrons. The van der Waals surface area contributed by atoms with E-state index in [0.29, 0.717) is 0 Å². The quantitative estimate of drug-likeness (QED) is 0.867. The number of nitrogens with one attached hydrogen (secondary N) is 1. The van der Waals surface area contributed by atoms with Gasteiger partial charge in [-0.05, 0) is 37.3 Å². The van der Waals surface area contributed by atoms with E-state index in [9.17, 15) is 4.39 Å². The van der Waals surface area contributed by atoms with Crippen LogP contribution >= 0.6 is 11.6 Å². The molecule has 1 N–H and O–H groups in total. The van der Waals surface area contributed by atoms with E-state index in [1.54, 1.807) is 18.4 Å². The molecule has 16 heavy (non-hydrogen) atoms. The lowest BCUT2D eigenvalue weighted by atomic mass is 10.2. The monoisotopic (exact) mass is 239 g/mol. The molecule has 0 aliphatic heterocycles. The third-order valence-electron chi connectivity index (χ3n) is 2.27. The van der Waals surface area contributed by atoms with Gasteiger partial charge < -0.3 is 9.73 Å². The molecule has 0 aliphatic carbocycles. The van der Waals surface area contributed by atoms with Gasteiger partial charge in [0.15, 0.2) is 0 Å². The Morgan fingerprint density at radius 2 is 2.19 bits per heavy atom. The fraction of sp³-hybridized carbons (Fsp3) is 0.167. The molecule has 0 aliphatic rings. The molecule has 1 aromatic heterocycles. The standard InChI is InChI=1S/C12H11ClFNO/c1-8(12-3-2-6-16-12)15-9-4-5-11(14)10(13)7-9/h2-8,15H,1H3. The summed E-state index contributed by atoms with van der Waals surface area (Å²) in [6, 6.07) is 8.24. The molecule has 1 atom stereocenters. The second-order valence-corrected chi connectivity index (χ2v) is 3.92. The first-order valence-corrected chi connectivity index (χ1v) is 5.29. The Balaban J connectivity index is 2.12. The van der Waals surface area contributed by atoms with Crippen molar-refractivity contribution in [3.05, 3.63) is 53.2 Å². The van der Waals surface area contributed by atoms with Gasteiger partial charge in [0, 0.05) is 5.69 Å². The van der Waals surface area contributed by atoms with Gasteiger partial charge in [0.25, 0.3) is 0 Å². The zero-order chi connectivity index (χ0) is 11.5. The molecule has 2 aromatic rings. The summed E-state index contributed by atoms with van der Waals surface area (Å²) in [5, 5.41) is 3.28. The first kappa shape index (κ1) is 11.0. The highest BCUT2D eigenvalue weighted by atomic mass is 35.5. The molecule has 0 amide bonds. The molecule has 84 valence electrons. The second kappa shape index (κ2) is 4.58. The van der Waals surface area contributed by atoms with E-state index in [1.165, 1.54) is 6.07 Å². The summed E-state index contributed by atoms with van der Waals surface area (Å²) >= 11 is 5.68. The summed E-state index contributed by atoms with van der Waals surface area (Å²) in [5.41, 5.74) is 0.760. The highest BCUT2D eigenvalue weighted by Crippen LogP contribution is 2.23. The summed E-state index contributed by atoms with van der Waals surface area (Å²) in [6.07, 6.45) is 1.62. The summed E-state index contributed by atoms with van der Waals surface area (Å²) in [4.78, 5) is 0. The highest BCUT2D eigenvalue weighted by Gasteiger charge is 2.08. The van der Waals surface area contributed by atoms with Crippen molar-refractivity contribution in [2.75, 3.05) is 5.32 Å². The minimum atomic E-state index is -0.419. The Bertz CT molecular complexity index is 470. The van der Waals surface area contributed by atoms with Crippen molar-refractivity contribution in [1.82, 2.24) is 0 Å². The van der Waals surface area contributed by atoms with Gasteiger partial charge in [0.1, 0.15) is 11.6 Å². The normalized spacial score (nSPS) is 12.4. The van der Waals surface area contributed by atoms with E-state index >= 15 is 0 Å². The number of rotatable bonds is 3. The molecule has 1 heterocycles. The molecular weight excluding hydrogens is 229 g/mol. The minimum Gasteiger partial charge on any atom is -0.467 e. The van der Waals surface area contributed by atoms with Crippen molar-refractivity contribution in [1.29, 1.82) is 0 Å². The Labute approximate surface area is 98.0 Å². The lowest BCUT2D eigenvalue weighted by Crippen LogP contribution is -2.05. The van der Waals surface area contributed by atoms with Crippen LogP contribution in [0.3, 0.4) is 0 Å². The Kier molecular flexibility index (Phi) is 3.15. The summed E-state index contributed by atoms with van der Waals surface area (Å²) < 4.78 is 18.2. The van der Waals surface area contributed by atoms with Gasteiger partial charge in [0.05, 0.1) is 17.3 Å². The SMILES string of the molecule is CC(Nc1ccc(F)c(Cl)c1)c1ccco1. The van der Waals surface area contributed by atoms with Crippen LogP contribution in [-0.2, 0) is 0 Å². The summed E-state index contributed by atoms with van der Waals surface area (Å²) in [6.45, 7) is 1.95. The van der Waals surface area contributed by atoms with Crippen molar-refractivity contribution >= 4 is 17.3 Å². The van der Waals surface area contributed by atoms with Crippen LogP contribution in [0.25, 0.3) is 0 Å². The van der Waals surface area contributed by atoms with Gasteiger partial charge in [-0.3, -0.25) is 0 Å². The third-order valence-corrected chi connectivity index (χ3v) is 2.56. The molecule has 0 bridgehead atoms. The smallest absolute Gasteiger partial charge is 0.141 e. The van der Waals surface area contributed by atoms with Crippen molar-refractivity contribution < 1.29 is 8.81 Å². The van der Waals surface area contributed by atoms with Crippen LogP contribution in [-0.4, -0.2) is 0 Å². The van der Waals surface area contributed by atoms with Crippen LogP contribution in [0, 0.1) is 5.82 Å². The topological polar surface area (TPSA) is 25.2 Å². The number of halogens is 2. The molecule has 4 heteroatoms. The maximum atomic E-state index is 12.9. The molecule has 0 saturated carbocycles. The zero-order valence-electron chi connectivity index (χ0n) is 8.71. The highest BCUT2D eigenvalue weighted by molar-refractivity contribution is 6.31. The fourth-order valence-electron chi connectivity index (χ4n) is 1.44. The molecule has 0 saturated heterocycles. The third kappa shape index (κ3) is 2.36. The molecule has 2 nitrogen and oxygen atoms in total. The lowest BCUT2D eigenvalue weighted by molar-refractivity contribution is 0.490. The molecule has 0 spiro atoms. The van der Waals surface area contributed by atoms with Gasteiger partial charge >= 0.3 is 0 Å². The molecular formula is C12H11ClFNO. The zero-order valence-corrected chi connectivity index (χ0v) is 9.46. The number of furan rings is 1. The summed E-state index contributed by atoms with van der Waals surface area (Å²) in [7, 11) is 0. The predicted octanol–water partition coefficient (Wildman–Crippen LogP) is 4.25. The van der Waals surface area contributed by atoms with Crippen LogP contribution in [0.1, 0.15) is 18.7 Å². The number of hydrogen-bond donors (Lipinski definition) is 1. The van der Waals surface area contributed by atoms with Gasteiger partial charge in [-0.2, -0.15) is 0 Å². The van der Waals surface area contributed by atoms with Crippen LogP contribution in [0.4, 0.5) is 10.1 Å². The van der Waals surface area contributed by atoms with Gasteiger partial charge in [0.2, 0.25) is 0 Å². The van der Waals surface area contributed by atoms with Crippen molar-refractivity contribution in [2.24, 2.45) is 0 Å². The van der Waals surface area contributed by atoms with Crippen molar-refractivity contribution in [3.8, 4) is 0 Å². The number of benzene rings is 1. The molecule has 2 rings (SSSR count). The Hall–Kier alpha value is -1.48. The van der Waals surface area contributed by atoms with Crippen LogP contribution < -0.4 is 5.32 Å². The molecule has 0 fully saturated rings. The maximum Gasteiger partial charge on any atom is 0.141 e. The second-order valence-electron chi connectivity index (χ2n) is 3.51. The Morgan fingerprint density at radius 3 is 2.81 bits per heavy atom. The van der Waals surface area contributed by atoms with E-state index < -0.39 is 5.82 Å². The van der Waals surface area contributed by atoms with Gasteiger partial charge in [-0.15, -0.1) is 0 Å². The number of anilines is 1. The van der Waals surface area contributed by atoms with E-state index in [1.807, 2.05) is 19.1 Å². The maximum absolute atomic E-state index is 12.9. The van der Waals surface area contributed by atoms with E-state index in [4.69, 9.17) is 16.0 Å². The van der Waals surface area contributed by atoms with Crippen LogP contribution in [0.5, 0.6) is 0 Å². The van der Waals surface area contributed by atoms with Crippen LogP contribution in [0.2, 0.25) is 5.02 Å². The van der Waals surface area contributed by atoms with Crippen molar-refractivity contribution in [3.63, 3.8) is 0 Å². The van der Waals surface area contributed by atoms with E-state index in [0.717, 1.165) is 11.4 Å². The number of hydrogen-bond acceptors (Lipinski definition) is 2. The largest absolute Gasteiger partial charge is 0.467 e. The fourth-order valence-corrected chi connectivity index (χ4v) is 1.63. The Morgan fingerprint density at radius 1 is 1.38 bits per heavy atom. The molecule has 1 unspecified atom stereocenters. The minimum absolute atomic E-state index is 0.0107. The van der Waals surface area contributed by atoms with Crippen LogP contribution in [0.15, 0.2) is 41.0 Å². The first-order valence-electron chi connectivity index (χ1n) is 4.92. The van der Waals surface area contributed by atoms with Gasteiger partial charge in [-0.25, -0.2) is 4.39 Å². The lowest BCUT2D eigenvalue weighted by Gasteiger charge is -2.13.